The molecule has 0 unspecified atom stereocenters. The van der Waals surface area contributed by atoms with Gasteiger partial charge in [-0.2, -0.15) is 0 Å². The molecule has 0 aliphatic rings. The summed E-state index contributed by atoms with van der Waals surface area (Å²) < 4.78 is 17.8. The van der Waals surface area contributed by atoms with Gasteiger partial charge >= 0.3 is 0 Å². The fraction of sp³-hybridized carbons (Fsp3) is 0.158. The average Bonchev–Trinajstić information content (AvgIpc) is 3.21. The topological polar surface area (TPSA) is 74.6 Å². The van der Waals surface area contributed by atoms with E-state index in [1.165, 1.54) is 0 Å². The molecule has 0 bridgehead atoms. The van der Waals surface area contributed by atoms with Crippen LogP contribution in [-0.2, 0) is 4.79 Å². The Labute approximate surface area is 151 Å². The molecule has 1 N–H and O–H groups in total. The van der Waals surface area contributed by atoms with E-state index in [-0.39, 0.29) is 12.5 Å². The quantitative estimate of drug-likeness (QED) is 0.707. The largest absolute Gasteiger partial charge is 0.497 e. The molecule has 0 spiro atoms. The van der Waals surface area contributed by atoms with Gasteiger partial charge in [0.05, 0.1) is 20.5 Å². The summed E-state index contributed by atoms with van der Waals surface area (Å²) in [4.78, 5) is 16.1. The summed E-state index contributed by atoms with van der Waals surface area (Å²) in [5.74, 6) is 1.51. The van der Waals surface area contributed by atoms with E-state index in [2.05, 4.69) is 10.3 Å². The number of amides is 1. The summed E-state index contributed by atoms with van der Waals surface area (Å²) in [6.45, 7) is -0.107. The van der Waals surface area contributed by atoms with E-state index < -0.39 is 0 Å². The number of benzene rings is 2. The van der Waals surface area contributed by atoms with Gasteiger partial charge in [0.2, 0.25) is 0 Å². The molecule has 0 aliphatic carbocycles. The lowest BCUT2D eigenvalue weighted by atomic mass is 10.2. The third kappa shape index (κ3) is 4.32. The molecule has 3 rings (SSSR count). The molecule has 1 heterocycles. The second-order valence-corrected chi connectivity index (χ2v) is 5.40. The Balaban J connectivity index is 1.57. The van der Waals surface area contributed by atoms with Crippen molar-refractivity contribution in [3.63, 3.8) is 0 Å². The molecule has 0 fully saturated rings. The molecule has 134 valence electrons. The van der Waals surface area contributed by atoms with Crippen molar-refractivity contribution in [3.05, 3.63) is 61.2 Å². The first kappa shape index (κ1) is 17.3. The monoisotopic (exact) mass is 353 g/mol. The van der Waals surface area contributed by atoms with E-state index >= 15 is 0 Å². The minimum absolute atomic E-state index is 0.107. The molecule has 2 aromatic carbocycles. The predicted octanol–water partition coefficient (Wildman–Crippen LogP) is 2.91. The maximum Gasteiger partial charge on any atom is 0.262 e. The summed E-state index contributed by atoms with van der Waals surface area (Å²) >= 11 is 0. The van der Waals surface area contributed by atoms with Crippen LogP contribution in [0.25, 0.3) is 5.69 Å². The molecule has 0 atom stereocenters. The van der Waals surface area contributed by atoms with Crippen molar-refractivity contribution in [2.45, 2.75) is 0 Å². The van der Waals surface area contributed by atoms with Crippen LogP contribution < -0.4 is 19.5 Å². The van der Waals surface area contributed by atoms with Gasteiger partial charge in [0.1, 0.15) is 17.2 Å². The molecule has 0 saturated carbocycles. The lowest BCUT2D eigenvalue weighted by Crippen LogP contribution is -2.20. The molecule has 26 heavy (non-hydrogen) atoms. The predicted molar refractivity (Wildman–Crippen MR) is 97.2 cm³/mol. The number of hydrogen-bond acceptors (Lipinski definition) is 5. The van der Waals surface area contributed by atoms with Gasteiger partial charge in [-0.05, 0) is 24.3 Å². The highest BCUT2D eigenvalue weighted by Gasteiger charge is 2.07. The Kier molecular flexibility index (Phi) is 5.38. The molecule has 0 aliphatic heterocycles. The molecular weight excluding hydrogens is 334 g/mol. The van der Waals surface area contributed by atoms with Crippen molar-refractivity contribution in [2.24, 2.45) is 0 Å². The number of methoxy groups -OCH3 is 2. The highest BCUT2D eigenvalue weighted by molar-refractivity contribution is 5.92. The lowest BCUT2D eigenvalue weighted by molar-refractivity contribution is -0.118. The highest BCUT2D eigenvalue weighted by Crippen LogP contribution is 2.25. The van der Waals surface area contributed by atoms with E-state index in [1.807, 2.05) is 22.9 Å². The SMILES string of the molecule is COc1cc(NC(=O)COc2ccc(-n3ccnc3)cc2)cc(OC)c1. The molecule has 3 aromatic rings. The zero-order chi connectivity index (χ0) is 18.4. The van der Waals surface area contributed by atoms with Crippen molar-refractivity contribution >= 4 is 11.6 Å². The Bertz CT molecular complexity index is 839. The van der Waals surface area contributed by atoms with Crippen LogP contribution in [0.4, 0.5) is 5.69 Å². The normalized spacial score (nSPS) is 10.2. The number of aromatic nitrogens is 2. The molecule has 0 saturated heterocycles. The molecule has 1 amide bonds. The Morgan fingerprint density at radius 3 is 2.31 bits per heavy atom. The molecule has 7 heteroatoms. The number of imidazole rings is 1. The fourth-order valence-electron chi connectivity index (χ4n) is 2.35. The van der Waals surface area contributed by atoms with Crippen LogP contribution in [0.3, 0.4) is 0 Å². The van der Waals surface area contributed by atoms with Crippen molar-refractivity contribution in [1.29, 1.82) is 0 Å². The van der Waals surface area contributed by atoms with Gasteiger partial charge in [-0.1, -0.05) is 0 Å². The number of hydrogen-bond donors (Lipinski definition) is 1. The van der Waals surface area contributed by atoms with Crippen LogP contribution in [0.2, 0.25) is 0 Å². The van der Waals surface area contributed by atoms with Gasteiger partial charge in [-0.25, -0.2) is 4.98 Å². The van der Waals surface area contributed by atoms with Gasteiger partial charge in [0.25, 0.3) is 5.91 Å². The first-order chi connectivity index (χ1) is 12.7. The van der Waals surface area contributed by atoms with Crippen molar-refractivity contribution in [3.8, 4) is 22.9 Å². The second-order valence-electron chi connectivity index (χ2n) is 5.40. The Morgan fingerprint density at radius 1 is 1.04 bits per heavy atom. The summed E-state index contributed by atoms with van der Waals surface area (Å²) in [6.07, 6.45) is 5.28. The number of anilines is 1. The maximum atomic E-state index is 12.1. The van der Waals surface area contributed by atoms with Crippen molar-refractivity contribution < 1.29 is 19.0 Å². The summed E-state index contributed by atoms with van der Waals surface area (Å²) in [7, 11) is 3.11. The van der Waals surface area contributed by atoms with E-state index in [0.29, 0.717) is 22.9 Å². The van der Waals surface area contributed by atoms with Crippen LogP contribution >= 0.6 is 0 Å². The number of nitrogens with one attached hydrogen (secondary N) is 1. The smallest absolute Gasteiger partial charge is 0.262 e. The van der Waals surface area contributed by atoms with Crippen molar-refractivity contribution in [1.82, 2.24) is 9.55 Å². The van der Waals surface area contributed by atoms with Crippen LogP contribution in [0.15, 0.2) is 61.2 Å². The van der Waals surface area contributed by atoms with E-state index in [1.54, 1.807) is 57.1 Å². The highest BCUT2D eigenvalue weighted by atomic mass is 16.5. The summed E-state index contributed by atoms with van der Waals surface area (Å²) in [5.41, 5.74) is 1.54. The first-order valence-corrected chi connectivity index (χ1v) is 7.92. The van der Waals surface area contributed by atoms with Crippen LogP contribution in [-0.4, -0.2) is 36.3 Å². The standard InChI is InChI=1S/C19H19N3O4/c1-24-17-9-14(10-18(11-17)25-2)21-19(23)12-26-16-5-3-15(4-6-16)22-8-7-20-13-22/h3-11,13H,12H2,1-2H3,(H,21,23). The van der Waals surface area contributed by atoms with Gasteiger partial charge in [-0.3, -0.25) is 4.79 Å². The van der Waals surface area contributed by atoms with Gasteiger partial charge < -0.3 is 24.1 Å². The summed E-state index contributed by atoms with van der Waals surface area (Å²) in [6, 6.07) is 12.5. The maximum absolute atomic E-state index is 12.1. The number of rotatable bonds is 7. The zero-order valence-electron chi connectivity index (χ0n) is 14.5. The summed E-state index contributed by atoms with van der Waals surface area (Å²) in [5, 5.41) is 2.76. The van der Waals surface area contributed by atoms with E-state index in [9.17, 15) is 4.79 Å². The lowest BCUT2D eigenvalue weighted by Gasteiger charge is -2.11. The third-order valence-electron chi connectivity index (χ3n) is 3.64. The third-order valence-corrected chi connectivity index (χ3v) is 3.64. The average molecular weight is 353 g/mol. The zero-order valence-corrected chi connectivity index (χ0v) is 14.5. The van der Waals surface area contributed by atoms with Gasteiger partial charge in [0.15, 0.2) is 6.61 Å². The van der Waals surface area contributed by atoms with Gasteiger partial charge in [0, 0.05) is 42.0 Å². The second kappa shape index (κ2) is 8.06. The molecule has 1 aromatic heterocycles. The van der Waals surface area contributed by atoms with Crippen LogP contribution in [0, 0.1) is 0 Å². The van der Waals surface area contributed by atoms with Crippen molar-refractivity contribution in [2.75, 3.05) is 26.1 Å². The fourth-order valence-corrected chi connectivity index (χ4v) is 2.35. The van der Waals surface area contributed by atoms with Crippen LogP contribution in [0.5, 0.6) is 17.2 Å². The first-order valence-electron chi connectivity index (χ1n) is 7.92. The Morgan fingerprint density at radius 2 is 1.73 bits per heavy atom. The molecule has 7 nitrogen and oxygen atoms in total. The number of carbonyl (C=O) groups excluding carboxylic acids is 1. The van der Waals surface area contributed by atoms with Crippen LogP contribution in [0.1, 0.15) is 0 Å². The number of ether oxygens (including phenoxy) is 3. The minimum Gasteiger partial charge on any atom is -0.497 e. The van der Waals surface area contributed by atoms with E-state index in [4.69, 9.17) is 14.2 Å². The number of carbonyl (C=O) groups is 1. The van der Waals surface area contributed by atoms with E-state index in [0.717, 1.165) is 5.69 Å². The molecular formula is C19H19N3O4. The molecule has 0 radical (unpaired) electrons. The Hall–Kier alpha value is -3.48. The number of nitrogens with zero attached hydrogens (tertiary/aromatic N) is 2. The van der Waals surface area contributed by atoms with Gasteiger partial charge in [-0.15, -0.1) is 0 Å². The minimum atomic E-state index is -0.279.